The lowest BCUT2D eigenvalue weighted by Crippen LogP contribution is -2.24. The summed E-state index contributed by atoms with van der Waals surface area (Å²) in [4.78, 5) is 19.5. The van der Waals surface area contributed by atoms with Crippen molar-refractivity contribution in [2.75, 3.05) is 6.54 Å². The molecule has 0 fully saturated rings. The molecule has 134 valence electrons. The van der Waals surface area contributed by atoms with Gasteiger partial charge in [-0.2, -0.15) is 5.10 Å². The average molecular weight is 393 g/mol. The monoisotopic (exact) mass is 393 g/mol. The van der Waals surface area contributed by atoms with E-state index in [1.54, 1.807) is 11.3 Å². The van der Waals surface area contributed by atoms with E-state index in [1.165, 1.54) is 11.3 Å². The van der Waals surface area contributed by atoms with E-state index in [1.807, 2.05) is 69.5 Å². The van der Waals surface area contributed by atoms with Gasteiger partial charge in [0.2, 0.25) is 0 Å². The third-order valence-corrected chi connectivity index (χ3v) is 6.09. The van der Waals surface area contributed by atoms with Gasteiger partial charge >= 0.3 is 0 Å². The molecule has 27 heavy (non-hydrogen) atoms. The van der Waals surface area contributed by atoms with Gasteiger partial charge in [0, 0.05) is 24.3 Å². The second kappa shape index (κ2) is 6.64. The van der Waals surface area contributed by atoms with Crippen LogP contribution in [-0.2, 0) is 6.42 Å². The summed E-state index contributed by atoms with van der Waals surface area (Å²) < 4.78 is 3.86. The lowest BCUT2D eigenvalue weighted by Gasteiger charge is -2.02. The van der Waals surface area contributed by atoms with Crippen LogP contribution in [0, 0.1) is 0 Å². The Bertz CT molecular complexity index is 1230. The Balaban J connectivity index is 1.23. The maximum absolute atomic E-state index is 12.4. The summed E-state index contributed by atoms with van der Waals surface area (Å²) in [6, 6.07) is 11.9. The number of hydrogen-bond donors (Lipinski definition) is 1. The average Bonchev–Trinajstić information content (AvgIpc) is 3.44. The van der Waals surface area contributed by atoms with E-state index in [4.69, 9.17) is 0 Å². The molecule has 5 aromatic rings. The molecular formula is C19H15N5OS2. The molecule has 0 aliphatic carbocycles. The molecule has 0 aliphatic rings. The van der Waals surface area contributed by atoms with Crippen LogP contribution in [0.2, 0.25) is 0 Å². The van der Waals surface area contributed by atoms with Gasteiger partial charge in [0.05, 0.1) is 22.3 Å². The zero-order chi connectivity index (χ0) is 18.2. The van der Waals surface area contributed by atoms with Gasteiger partial charge in [-0.1, -0.05) is 18.2 Å². The summed E-state index contributed by atoms with van der Waals surface area (Å²) in [7, 11) is 0. The maximum atomic E-state index is 12.4. The molecule has 0 saturated heterocycles. The summed E-state index contributed by atoms with van der Waals surface area (Å²) in [6.07, 6.45) is 6.55. The number of hydrogen-bond acceptors (Lipinski definition) is 5. The number of amides is 1. The SMILES string of the molecule is O=C(NCCc1cnn(-c2ccccc2)c1)c1cc2c(nc3sccn32)s1. The highest BCUT2D eigenvalue weighted by Gasteiger charge is 2.14. The van der Waals surface area contributed by atoms with E-state index in [-0.39, 0.29) is 5.91 Å². The zero-order valence-corrected chi connectivity index (χ0v) is 15.8. The van der Waals surface area contributed by atoms with E-state index < -0.39 is 0 Å². The van der Waals surface area contributed by atoms with E-state index in [0.29, 0.717) is 11.4 Å². The third kappa shape index (κ3) is 3.02. The fourth-order valence-electron chi connectivity index (χ4n) is 2.98. The molecule has 0 atom stereocenters. The van der Waals surface area contributed by atoms with Crippen molar-refractivity contribution in [2.24, 2.45) is 0 Å². The number of fused-ring (bicyclic) bond motifs is 3. The number of imidazole rings is 1. The number of carbonyl (C=O) groups excluding carboxylic acids is 1. The number of thiophene rings is 1. The first kappa shape index (κ1) is 16.2. The number of para-hydroxylation sites is 1. The number of benzene rings is 1. The minimum absolute atomic E-state index is 0.0579. The Morgan fingerprint density at radius 1 is 1.22 bits per heavy atom. The number of carbonyl (C=O) groups is 1. The molecule has 1 N–H and O–H groups in total. The Morgan fingerprint density at radius 2 is 2.11 bits per heavy atom. The van der Waals surface area contributed by atoms with Gasteiger partial charge < -0.3 is 5.32 Å². The van der Waals surface area contributed by atoms with Crippen LogP contribution in [0.3, 0.4) is 0 Å². The zero-order valence-electron chi connectivity index (χ0n) is 14.2. The van der Waals surface area contributed by atoms with Gasteiger partial charge in [0.1, 0.15) is 4.83 Å². The molecule has 0 aliphatic heterocycles. The fraction of sp³-hybridized carbons (Fsp3) is 0.105. The summed E-state index contributed by atoms with van der Waals surface area (Å²) in [5, 5.41) is 9.37. The summed E-state index contributed by atoms with van der Waals surface area (Å²) in [5.74, 6) is -0.0579. The number of rotatable bonds is 5. The predicted molar refractivity (Wildman–Crippen MR) is 108 cm³/mol. The highest BCUT2D eigenvalue weighted by atomic mass is 32.1. The van der Waals surface area contributed by atoms with Gasteiger partial charge in [0.15, 0.2) is 4.96 Å². The first-order valence-electron chi connectivity index (χ1n) is 8.50. The normalized spacial score (nSPS) is 11.4. The minimum atomic E-state index is -0.0579. The van der Waals surface area contributed by atoms with E-state index in [2.05, 4.69) is 15.4 Å². The van der Waals surface area contributed by atoms with Gasteiger partial charge in [-0.3, -0.25) is 9.20 Å². The molecule has 4 aromatic heterocycles. The molecule has 1 aromatic carbocycles. The summed E-state index contributed by atoms with van der Waals surface area (Å²) in [5.41, 5.74) is 3.10. The smallest absolute Gasteiger partial charge is 0.261 e. The lowest BCUT2D eigenvalue weighted by atomic mass is 10.2. The highest BCUT2D eigenvalue weighted by molar-refractivity contribution is 7.21. The van der Waals surface area contributed by atoms with Gasteiger partial charge in [-0.05, 0) is 30.2 Å². The van der Waals surface area contributed by atoms with Gasteiger partial charge in [-0.15, -0.1) is 22.7 Å². The van der Waals surface area contributed by atoms with Crippen molar-refractivity contribution in [3.63, 3.8) is 0 Å². The van der Waals surface area contributed by atoms with E-state index >= 15 is 0 Å². The Morgan fingerprint density at radius 3 is 3.00 bits per heavy atom. The first-order chi connectivity index (χ1) is 13.3. The fourth-order valence-corrected chi connectivity index (χ4v) is 4.69. The molecule has 0 bridgehead atoms. The predicted octanol–water partition coefficient (Wildman–Crippen LogP) is 3.77. The van der Waals surface area contributed by atoms with Crippen molar-refractivity contribution in [1.29, 1.82) is 0 Å². The van der Waals surface area contributed by atoms with Crippen molar-refractivity contribution < 1.29 is 4.79 Å². The summed E-state index contributed by atoms with van der Waals surface area (Å²) >= 11 is 3.02. The summed E-state index contributed by atoms with van der Waals surface area (Å²) in [6.45, 7) is 0.565. The molecule has 0 radical (unpaired) electrons. The molecule has 0 saturated carbocycles. The number of aromatic nitrogens is 4. The highest BCUT2D eigenvalue weighted by Crippen LogP contribution is 2.28. The van der Waals surface area contributed by atoms with Crippen molar-refractivity contribution >= 4 is 43.9 Å². The molecule has 0 spiro atoms. The second-order valence-corrected chi connectivity index (χ2v) is 8.01. The molecule has 6 nitrogen and oxygen atoms in total. The van der Waals surface area contributed by atoms with Crippen molar-refractivity contribution in [1.82, 2.24) is 24.5 Å². The second-order valence-electron chi connectivity index (χ2n) is 6.10. The van der Waals surface area contributed by atoms with E-state index in [0.717, 1.165) is 33.0 Å². The topological polar surface area (TPSA) is 64.2 Å². The molecule has 5 rings (SSSR count). The van der Waals surface area contributed by atoms with Crippen LogP contribution >= 0.6 is 22.7 Å². The van der Waals surface area contributed by atoms with Crippen LogP contribution in [0.25, 0.3) is 21.0 Å². The Kier molecular flexibility index (Phi) is 3.99. The van der Waals surface area contributed by atoms with Crippen molar-refractivity contribution in [3.05, 3.63) is 70.8 Å². The van der Waals surface area contributed by atoms with E-state index in [9.17, 15) is 4.79 Å². The first-order valence-corrected chi connectivity index (χ1v) is 10.2. The third-order valence-electron chi connectivity index (χ3n) is 4.32. The van der Waals surface area contributed by atoms with Crippen LogP contribution < -0.4 is 5.32 Å². The molecule has 4 heterocycles. The number of thiazole rings is 1. The Labute approximate surface area is 162 Å². The number of nitrogens with one attached hydrogen (secondary N) is 1. The lowest BCUT2D eigenvalue weighted by molar-refractivity contribution is 0.0958. The standard InChI is InChI=1S/C19H15N5OS2/c25-17(16-10-15-18(27-16)22-19-23(15)8-9-26-19)20-7-6-13-11-21-24(12-13)14-4-2-1-3-5-14/h1-5,8-12H,6-7H2,(H,20,25). The molecule has 0 unspecified atom stereocenters. The minimum Gasteiger partial charge on any atom is -0.351 e. The number of nitrogens with zero attached hydrogens (tertiary/aromatic N) is 4. The van der Waals surface area contributed by atoms with Crippen molar-refractivity contribution in [3.8, 4) is 5.69 Å². The molecule has 8 heteroatoms. The largest absolute Gasteiger partial charge is 0.351 e. The van der Waals surface area contributed by atoms with Crippen LogP contribution in [0.15, 0.2) is 60.4 Å². The van der Waals surface area contributed by atoms with Crippen LogP contribution in [0.4, 0.5) is 0 Å². The Hall–Kier alpha value is -2.97. The van der Waals surface area contributed by atoms with Crippen molar-refractivity contribution in [2.45, 2.75) is 6.42 Å². The molecule has 1 amide bonds. The van der Waals surface area contributed by atoms with Gasteiger partial charge in [-0.25, -0.2) is 9.67 Å². The quantitative estimate of drug-likeness (QED) is 0.494. The molecular weight excluding hydrogens is 378 g/mol. The van der Waals surface area contributed by atoms with Crippen LogP contribution in [0.5, 0.6) is 0 Å². The van der Waals surface area contributed by atoms with Gasteiger partial charge in [0.25, 0.3) is 5.91 Å². The van der Waals surface area contributed by atoms with Crippen LogP contribution in [-0.4, -0.2) is 31.6 Å². The van der Waals surface area contributed by atoms with Crippen LogP contribution in [0.1, 0.15) is 15.2 Å². The maximum Gasteiger partial charge on any atom is 0.261 e.